The molecule has 0 fully saturated rings. The third kappa shape index (κ3) is 2.78. The lowest BCUT2D eigenvalue weighted by Gasteiger charge is -2.09. The van der Waals surface area contributed by atoms with Crippen LogP contribution in [0.2, 0.25) is 0 Å². The zero-order valence-corrected chi connectivity index (χ0v) is 9.46. The Labute approximate surface area is 97.6 Å². The molecule has 0 atom stereocenters. The highest BCUT2D eigenvalue weighted by Gasteiger charge is 2.18. The van der Waals surface area contributed by atoms with E-state index in [0.29, 0.717) is 0 Å². The molecule has 0 unspecified atom stereocenters. The van der Waals surface area contributed by atoms with Crippen LogP contribution in [0.5, 0.6) is 0 Å². The molecule has 0 heterocycles. The van der Waals surface area contributed by atoms with Crippen molar-refractivity contribution < 1.29 is 18.3 Å². The third-order valence-corrected chi connectivity index (χ3v) is 2.31. The molecular weight excluding hydrogens is 228 g/mol. The summed E-state index contributed by atoms with van der Waals surface area (Å²) in [5, 5.41) is 8.81. The number of carbonyl (C=O) groups excluding carboxylic acids is 1. The minimum absolute atomic E-state index is 0.0238. The molecule has 0 radical (unpaired) electrons. The van der Waals surface area contributed by atoms with Gasteiger partial charge in [0.1, 0.15) is 0 Å². The molecule has 0 aromatic heterocycles. The monoisotopic (exact) mass is 239 g/mol. The van der Waals surface area contributed by atoms with Gasteiger partial charge in [0.2, 0.25) is 0 Å². The summed E-state index contributed by atoms with van der Waals surface area (Å²) in [4.78, 5) is 11.4. The second-order valence-corrected chi connectivity index (χ2v) is 3.37. The van der Waals surface area contributed by atoms with E-state index >= 15 is 0 Å². The summed E-state index contributed by atoms with van der Waals surface area (Å²) in [6.45, 7) is 3.19. The van der Waals surface area contributed by atoms with Gasteiger partial charge in [-0.2, -0.15) is 5.26 Å². The minimum atomic E-state index is -2.73. The molecule has 5 heteroatoms. The van der Waals surface area contributed by atoms with E-state index in [4.69, 9.17) is 10.00 Å². The van der Waals surface area contributed by atoms with Crippen molar-refractivity contribution in [3.8, 4) is 6.07 Å². The van der Waals surface area contributed by atoms with Gasteiger partial charge < -0.3 is 4.74 Å². The number of esters is 1. The summed E-state index contributed by atoms with van der Waals surface area (Å²) in [5.74, 6) is -0.703. The lowest BCUT2D eigenvalue weighted by molar-refractivity contribution is 0.0526. The van der Waals surface area contributed by atoms with Crippen molar-refractivity contribution in [3.05, 3.63) is 34.4 Å². The van der Waals surface area contributed by atoms with E-state index in [1.54, 1.807) is 13.0 Å². The molecule has 0 amide bonds. The van der Waals surface area contributed by atoms with Gasteiger partial charge in [-0.25, -0.2) is 13.6 Å². The molecule has 0 saturated heterocycles. The van der Waals surface area contributed by atoms with E-state index < -0.39 is 12.4 Å². The maximum Gasteiger partial charge on any atom is 0.338 e. The summed E-state index contributed by atoms with van der Waals surface area (Å²) in [7, 11) is 0. The van der Waals surface area contributed by atoms with Gasteiger partial charge in [-0.3, -0.25) is 0 Å². The second kappa shape index (κ2) is 5.39. The molecule has 1 rings (SSSR count). The van der Waals surface area contributed by atoms with Crippen LogP contribution in [0.15, 0.2) is 12.1 Å². The van der Waals surface area contributed by atoms with E-state index in [1.807, 2.05) is 0 Å². The summed E-state index contributed by atoms with van der Waals surface area (Å²) in [6, 6.07) is 4.12. The van der Waals surface area contributed by atoms with E-state index in [0.717, 1.165) is 6.07 Å². The first kappa shape index (κ1) is 13.1. The molecule has 0 N–H and O–H groups in total. The molecule has 1 aromatic carbocycles. The first-order valence-corrected chi connectivity index (χ1v) is 5.01. The minimum Gasteiger partial charge on any atom is -0.462 e. The Balaban J connectivity index is 3.31. The van der Waals surface area contributed by atoms with Gasteiger partial charge in [0, 0.05) is 5.56 Å². The van der Waals surface area contributed by atoms with Crippen molar-refractivity contribution in [2.24, 2.45) is 0 Å². The average molecular weight is 239 g/mol. The maximum atomic E-state index is 12.7. The maximum absolute atomic E-state index is 12.7. The highest BCUT2D eigenvalue weighted by Crippen LogP contribution is 2.26. The molecule has 0 spiro atoms. The Kier molecular flexibility index (Phi) is 4.16. The first-order valence-electron chi connectivity index (χ1n) is 5.01. The standard InChI is InChI=1S/C12H11F2NO2/c1-3-17-12(16)8-4-9(6-15)7(2)10(5-8)11(13)14/h4-5,11H,3H2,1-2H3. The fourth-order valence-electron chi connectivity index (χ4n) is 1.41. The van der Waals surface area contributed by atoms with Crippen molar-refractivity contribution in [2.75, 3.05) is 6.61 Å². The SMILES string of the molecule is CCOC(=O)c1cc(C#N)c(C)c(C(F)F)c1. The zero-order valence-electron chi connectivity index (χ0n) is 9.46. The lowest BCUT2D eigenvalue weighted by atomic mass is 9.99. The molecule has 0 aliphatic rings. The van der Waals surface area contributed by atoms with Crippen LogP contribution in [0.3, 0.4) is 0 Å². The van der Waals surface area contributed by atoms with Crippen LogP contribution in [-0.4, -0.2) is 12.6 Å². The van der Waals surface area contributed by atoms with Crippen LogP contribution in [0.1, 0.15) is 40.4 Å². The number of hydrogen-bond acceptors (Lipinski definition) is 3. The van der Waals surface area contributed by atoms with Gasteiger partial charge in [-0.15, -0.1) is 0 Å². The number of benzene rings is 1. The second-order valence-electron chi connectivity index (χ2n) is 3.37. The Morgan fingerprint density at radius 3 is 2.65 bits per heavy atom. The summed E-state index contributed by atoms with van der Waals surface area (Å²) < 4.78 is 30.1. The first-order chi connectivity index (χ1) is 8.01. The van der Waals surface area contributed by atoms with E-state index in [1.165, 1.54) is 13.0 Å². The quantitative estimate of drug-likeness (QED) is 0.762. The number of nitrogens with zero attached hydrogens (tertiary/aromatic N) is 1. The molecule has 3 nitrogen and oxygen atoms in total. The van der Waals surface area contributed by atoms with Gasteiger partial charge in [-0.1, -0.05) is 0 Å². The van der Waals surface area contributed by atoms with Crippen molar-refractivity contribution >= 4 is 5.97 Å². The molecule has 1 aromatic rings. The van der Waals surface area contributed by atoms with Crippen molar-refractivity contribution in [2.45, 2.75) is 20.3 Å². The van der Waals surface area contributed by atoms with E-state index in [2.05, 4.69) is 0 Å². The summed E-state index contributed by atoms with van der Waals surface area (Å²) in [5.41, 5.74) is -0.0854. The van der Waals surface area contributed by atoms with Crippen LogP contribution < -0.4 is 0 Å². The van der Waals surface area contributed by atoms with Crippen LogP contribution in [-0.2, 0) is 4.74 Å². The van der Waals surface area contributed by atoms with Crippen molar-refractivity contribution in [1.29, 1.82) is 5.26 Å². The normalized spacial score (nSPS) is 10.1. The zero-order chi connectivity index (χ0) is 13.0. The third-order valence-electron chi connectivity index (χ3n) is 2.31. The van der Waals surface area contributed by atoms with Gasteiger partial charge in [0.05, 0.1) is 23.8 Å². The van der Waals surface area contributed by atoms with Crippen LogP contribution in [0, 0.1) is 18.3 Å². The molecule has 90 valence electrons. The number of ether oxygens (including phenoxy) is 1. The van der Waals surface area contributed by atoms with Crippen LogP contribution in [0.4, 0.5) is 8.78 Å². The number of nitriles is 1. The topological polar surface area (TPSA) is 50.1 Å². The molecule has 0 aliphatic carbocycles. The predicted octanol–water partition coefficient (Wildman–Crippen LogP) is 2.98. The number of hydrogen-bond donors (Lipinski definition) is 0. The van der Waals surface area contributed by atoms with E-state index in [-0.39, 0.29) is 28.9 Å². The van der Waals surface area contributed by atoms with Crippen molar-refractivity contribution in [1.82, 2.24) is 0 Å². The average Bonchev–Trinajstić information content (AvgIpc) is 2.29. The van der Waals surface area contributed by atoms with Gasteiger partial charge in [0.25, 0.3) is 6.43 Å². The molecule has 0 saturated carbocycles. The Morgan fingerprint density at radius 2 is 2.18 bits per heavy atom. The van der Waals surface area contributed by atoms with E-state index in [9.17, 15) is 13.6 Å². The number of carbonyl (C=O) groups is 1. The van der Waals surface area contributed by atoms with Crippen LogP contribution in [0.25, 0.3) is 0 Å². The van der Waals surface area contributed by atoms with Crippen molar-refractivity contribution in [3.63, 3.8) is 0 Å². The predicted molar refractivity (Wildman–Crippen MR) is 56.8 cm³/mol. The van der Waals surface area contributed by atoms with Gasteiger partial charge in [0.15, 0.2) is 0 Å². The van der Waals surface area contributed by atoms with Gasteiger partial charge in [-0.05, 0) is 31.5 Å². The molecule has 0 bridgehead atoms. The van der Waals surface area contributed by atoms with Gasteiger partial charge >= 0.3 is 5.97 Å². The lowest BCUT2D eigenvalue weighted by Crippen LogP contribution is -2.07. The Hall–Kier alpha value is -1.96. The molecule has 17 heavy (non-hydrogen) atoms. The number of rotatable bonds is 3. The number of alkyl halides is 2. The summed E-state index contributed by atoms with van der Waals surface area (Å²) in [6.07, 6.45) is -2.73. The summed E-state index contributed by atoms with van der Waals surface area (Å²) >= 11 is 0. The smallest absolute Gasteiger partial charge is 0.338 e. The fourth-order valence-corrected chi connectivity index (χ4v) is 1.41. The molecular formula is C12H11F2NO2. The highest BCUT2D eigenvalue weighted by atomic mass is 19.3. The largest absolute Gasteiger partial charge is 0.462 e. The highest BCUT2D eigenvalue weighted by molar-refractivity contribution is 5.90. The number of halogens is 2. The Morgan fingerprint density at radius 1 is 1.53 bits per heavy atom. The fraction of sp³-hybridized carbons (Fsp3) is 0.333. The Bertz CT molecular complexity index is 478. The van der Waals surface area contributed by atoms with Crippen LogP contribution >= 0.6 is 0 Å². The molecule has 0 aliphatic heterocycles.